The van der Waals surface area contributed by atoms with Crippen LogP contribution in [0.5, 0.6) is 5.75 Å². The van der Waals surface area contributed by atoms with Gasteiger partial charge in [-0.25, -0.2) is 0 Å². The number of amides is 2. The van der Waals surface area contributed by atoms with Gasteiger partial charge in [0.2, 0.25) is 11.8 Å². The minimum Gasteiger partial charge on any atom is -0.491 e. The van der Waals surface area contributed by atoms with Crippen LogP contribution < -0.4 is 15.4 Å². The van der Waals surface area contributed by atoms with Gasteiger partial charge in [-0.15, -0.1) is 0 Å². The molecule has 1 atom stereocenters. The highest BCUT2D eigenvalue weighted by Gasteiger charge is 2.27. The van der Waals surface area contributed by atoms with Crippen LogP contribution in [0.3, 0.4) is 0 Å². The third-order valence-electron chi connectivity index (χ3n) is 4.18. The molecule has 2 amide bonds. The van der Waals surface area contributed by atoms with Gasteiger partial charge >= 0.3 is 0 Å². The number of anilines is 1. The minimum atomic E-state index is -0.553. The number of benzene rings is 2. The Morgan fingerprint density at radius 3 is 2.92 bits per heavy atom. The summed E-state index contributed by atoms with van der Waals surface area (Å²) in [5.41, 5.74) is 2.70. The van der Waals surface area contributed by atoms with E-state index in [1.54, 1.807) is 18.2 Å². The Kier molecular flexibility index (Phi) is 5.24. The molecule has 0 aliphatic carbocycles. The molecule has 0 bridgehead atoms. The van der Waals surface area contributed by atoms with Crippen LogP contribution in [0.15, 0.2) is 42.5 Å². The van der Waals surface area contributed by atoms with Crippen molar-refractivity contribution in [2.45, 2.75) is 19.9 Å². The van der Waals surface area contributed by atoms with E-state index in [-0.39, 0.29) is 24.8 Å². The standard InChI is InChI=1S/C19H19ClN2O3/c1-12-4-2-3-5-13(12)10-21-18(23)8-14-11-25-17-7-6-15(20)9-16(17)22-19(14)24/h2-7,9,14H,8,10-11H2,1H3,(H,21,23)(H,22,24). The summed E-state index contributed by atoms with van der Waals surface area (Å²) in [6, 6.07) is 12.9. The predicted octanol–water partition coefficient (Wildman–Crippen LogP) is 3.30. The Balaban J connectivity index is 1.59. The molecule has 1 unspecified atom stereocenters. The van der Waals surface area contributed by atoms with E-state index in [2.05, 4.69) is 10.6 Å². The van der Waals surface area contributed by atoms with Gasteiger partial charge in [0, 0.05) is 18.0 Å². The van der Waals surface area contributed by atoms with Gasteiger partial charge in [-0.1, -0.05) is 35.9 Å². The van der Waals surface area contributed by atoms with Crippen molar-refractivity contribution in [2.75, 3.05) is 11.9 Å². The van der Waals surface area contributed by atoms with E-state index in [0.29, 0.717) is 23.0 Å². The fourth-order valence-corrected chi connectivity index (χ4v) is 2.85. The van der Waals surface area contributed by atoms with Crippen molar-refractivity contribution < 1.29 is 14.3 Å². The quantitative estimate of drug-likeness (QED) is 0.881. The first-order valence-corrected chi connectivity index (χ1v) is 8.45. The Hall–Kier alpha value is -2.53. The smallest absolute Gasteiger partial charge is 0.231 e. The first-order chi connectivity index (χ1) is 12.0. The molecule has 2 aromatic rings. The molecule has 6 heteroatoms. The van der Waals surface area contributed by atoms with Crippen LogP contribution in [0, 0.1) is 12.8 Å². The van der Waals surface area contributed by atoms with Gasteiger partial charge < -0.3 is 15.4 Å². The topological polar surface area (TPSA) is 67.4 Å². The fraction of sp³-hybridized carbons (Fsp3) is 0.263. The SMILES string of the molecule is Cc1ccccc1CNC(=O)CC1COc2ccc(Cl)cc2NC1=O. The Morgan fingerprint density at radius 1 is 1.32 bits per heavy atom. The first-order valence-electron chi connectivity index (χ1n) is 8.07. The Morgan fingerprint density at radius 2 is 2.12 bits per heavy atom. The molecule has 0 fully saturated rings. The van der Waals surface area contributed by atoms with Gasteiger partial charge in [0.15, 0.2) is 0 Å². The Labute approximate surface area is 151 Å². The molecule has 2 aromatic carbocycles. The number of carbonyl (C=O) groups is 2. The summed E-state index contributed by atoms with van der Waals surface area (Å²) in [4.78, 5) is 24.6. The number of nitrogens with one attached hydrogen (secondary N) is 2. The normalized spacial score (nSPS) is 16.2. The first kappa shape index (κ1) is 17.3. The summed E-state index contributed by atoms with van der Waals surface area (Å²) >= 11 is 5.94. The van der Waals surface area contributed by atoms with Crippen molar-refractivity contribution in [2.24, 2.45) is 5.92 Å². The molecule has 1 heterocycles. The highest BCUT2D eigenvalue weighted by Crippen LogP contribution is 2.31. The third kappa shape index (κ3) is 4.31. The summed E-state index contributed by atoms with van der Waals surface area (Å²) in [5.74, 6) is -0.424. The van der Waals surface area contributed by atoms with Gasteiger partial charge in [0.1, 0.15) is 12.4 Å². The maximum atomic E-state index is 12.3. The maximum absolute atomic E-state index is 12.3. The summed E-state index contributed by atoms with van der Waals surface area (Å²) in [6.45, 7) is 2.59. The zero-order valence-corrected chi connectivity index (χ0v) is 14.6. The van der Waals surface area contributed by atoms with Gasteiger partial charge in [-0.2, -0.15) is 0 Å². The Bertz CT molecular complexity index is 807. The number of carbonyl (C=O) groups excluding carboxylic acids is 2. The molecule has 0 saturated heterocycles. The van der Waals surface area contributed by atoms with Crippen LogP contribution in [0.2, 0.25) is 5.02 Å². The van der Waals surface area contributed by atoms with Crippen molar-refractivity contribution in [1.82, 2.24) is 5.32 Å². The van der Waals surface area contributed by atoms with Crippen LogP contribution >= 0.6 is 11.6 Å². The second-order valence-corrected chi connectivity index (χ2v) is 6.48. The number of hydrogen-bond acceptors (Lipinski definition) is 3. The van der Waals surface area contributed by atoms with E-state index in [0.717, 1.165) is 11.1 Å². The molecule has 0 radical (unpaired) electrons. The molecule has 25 heavy (non-hydrogen) atoms. The number of rotatable bonds is 4. The van der Waals surface area contributed by atoms with E-state index in [1.807, 2.05) is 31.2 Å². The fourth-order valence-electron chi connectivity index (χ4n) is 2.68. The number of hydrogen-bond donors (Lipinski definition) is 2. The van der Waals surface area contributed by atoms with Gasteiger partial charge in [0.25, 0.3) is 0 Å². The average Bonchev–Trinajstić information content (AvgIpc) is 2.73. The largest absolute Gasteiger partial charge is 0.491 e. The predicted molar refractivity (Wildman–Crippen MR) is 96.7 cm³/mol. The number of halogens is 1. The van der Waals surface area contributed by atoms with Gasteiger partial charge in [-0.3, -0.25) is 9.59 Å². The molecular weight excluding hydrogens is 340 g/mol. The maximum Gasteiger partial charge on any atom is 0.231 e. The van der Waals surface area contributed by atoms with Gasteiger partial charge in [0.05, 0.1) is 11.6 Å². The zero-order chi connectivity index (χ0) is 17.8. The second-order valence-electron chi connectivity index (χ2n) is 6.04. The average molecular weight is 359 g/mol. The molecule has 130 valence electrons. The van der Waals surface area contributed by atoms with Crippen molar-refractivity contribution in [3.05, 3.63) is 58.6 Å². The van der Waals surface area contributed by atoms with Crippen molar-refractivity contribution >= 4 is 29.1 Å². The molecule has 1 aliphatic rings. The summed E-state index contributed by atoms with van der Waals surface area (Å²) in [6.07, 6.45) is 0.0689. The third-order valence-corrected chi connectivity index (χ3v) is 4.41. The van der Waals surface area contributed by atoms with E-state index < -0.39 is 5.92 Å². The van der Waals surface area contributed by atoms with E-state index in [4.69, 9.17) is 16.3 Å². The number of ether oxygens (including phenoxy) is 1. The molecule has 0 spiro atoms. The molecule has 3 rings (SSSR count). The molecule has 2 N–H and O–H groups in total. The van der Waals surface area contributed by atoms with Crippen LogP contribution in [-0.2, 0) is 16.1 Å². The lowest BCUT2D eigenvalue weighted by Gasteiger charge is -2.13. The number of fused-ring (bicyclic) bond motifs is 1. The van der Waals surface area contributed by atoms with E-state index in [1.165, 1.54) is 0 Å². The number of aryl methyl sites for hydroxylation is 1. The lowest BCUT2D eigenvalue weighted by atomic mass is 10.0. The summed E-state index contributed by atoms with van der Waals surface area (Å²) in [5, 5.41) is 6.15. The van der Waals surface area contributed by atoms with Crippen molar-refractivity contribution in [3.8, 4) is 5.75 Å². The lowest BCUT2D eigenvalue weighted by molar-refractivity contribution is -0.128. The van der Waals surface area contributed by atoms with Crippen LogP contribution in [0.25, 0.3) is 0 Å². The summed E-state index contributed by atoms with van der Waals surface area (Å²) < 4.78 is 5.65. The molecule has 0 aromatic heterocycles. The monoisotopic (exact) mass is 358 g/mol. The minimum absolute atomic E-state index is 0.0689. The molecule has 1 aliphatic heterocycles. The van der Waals surface area contributed by atoms with Gasteiger partial charge in [-0.05, 0) is 36.2 Å². The molecule has 0 saturated carbocycles. The van der Waals surface area contributed by atoms with Crippen LogP contribution in [-0.4, -0.2) is 18.4 Å². The molecular formula is C19H19ClN2O3. The van der Waals surface area contributed by atoms with E-state index in [9.17, 15) is 9.59 Å². The highest BCUT2D eigenvalue weighted by atomic mass is 35.5. The van der Waals surface area contributed by atoms with Crippen molar-refractivity contribution in [3.63, 3.8) is 0 Å². The summed E-state index contributed by atoms with van der Waals surface area (Å²) in [7, 11) is 0. The van der Waals surface area contributed by atoms with E-state index >= 15 is 0 Å². The molecule has 5 nitrogen and oxygen atoms in total. The second kappa shape index (κ2) is 7.57. The highest BCUT2D eigenvalue weighted by molar-refractivity contribution is 6.31. The zero-order valence-electron chi connectivity index (χ0n) is 13.8. The van der Waals surface area contributed by atoms with Crippen LogP contribution in [0.1, 0.15) is 17.5 Å². The van der Waals surface area contributed by atoms with Crippen molar-refractivity contribution in [1.29, 1.82) is 0 Å². The van der Waals surface area contributed by atoms with Crippen LogP contribution in [0.4, 0.5) is 5.69 Å². The lowest BCUT2D eigenvalue weighted by Crippen LogP contribution is -2.32.